The molecule has 194 valence electrons. The monoisotopic (exact) mass is 524 g/mol. The number of carbonyl (C=O) groups is 2. The first-order valence-corrected chi connectivity index (χ1v) is 12.4. The third kappa shape index (κ3) is 6.66. The van der Waals surface area contributed by atoms with Gasteiger partial charge in [0.15, 0.2) is 11.9 Å². The molecule has 0 saturated carbocycles. The van der Waals surface area contributed by atoms with Gasteiger partial charge in [0.2, 0.25) is 5.95 Å². The summed E-state index contributed by atoms with van der Waals surface area (Å²) in [7, 11) is 1.57. The Morgan fingerprint density at radius 2 is 1.84 bits per heavy atom. The highest BCUT2D eigenvalue weighted by Crippen LogP contribution is 2.27. The van der Waals surface area contributed by atoms with E-state index >= 15 is 0 Å². The van der Waals surface area contributed by atoms with Crippen LogP contribution in [0.5, 0.6) is 5.75 Å². The highest BCUT2D eigenvalue weighted by atomic mass is 35.5. The maximum absolute atomic E-state index is 12.8. The number of rotatable bonds is 9. The number of nitrogens with one attached hydrogen (secondary N) is 3. The van der Waals surface area contributed by atoms with Crippen molar-refractivity contribution in [3.63, 3.8) is 0 Å². The quantitative estimate of drug-likeness (QED) is 0.384. The van der Waals surface area contributed by atoms with Crippen molar-refractivity contribution in [1.29, 1.82) is 0 Å². The Kier molecular flexibility index (Phi) is 8.76. The summed E-state index contributed by atoms with van der Waals surface area (Å²) < 4.78 is 11.3. The zero-order valence-electron chi connectivity index (χ0n) is 20.7. The van der Waals surface area contributed by atoms with Gasteiger partial charge in [-0.15, -0.1) is 0 Å². The maximum atomic E-state index is 12.8. The van der Waals surface area contributed by atoms with Gasteiger partial charge in [0.05, 0.1) is 30.7 Å². The molecule has 1 fully saturated rings. The normalized spacial score (nSPS) is 14.0. The highest BCUT2D eigenvalue weighted by Gasteiger charge is 2.26. The van der Waals surface area contributed by atoms with Crippen LogP contribution in [0.15, 0.2) is 54.7 Å². The predicted octanol–water partition coefficient (Wildman–Crippen LogP) is 3.99. The number of nitrogens with zero attached hydrogens (tertiary/aromatic N) is 3. The second-order valence-corrected chi connectivity index (χ2v) is 8.65. The fourth-order valence-electron chi connectivity index (χ4n) is 3.77. The molecule has 0 bridgehead atoms. The summed E-state index contributed by atoms with van der Waals surface area (Å²) in [5.41, 5.74) is 1.74. The Hall–Kier alpha value is -3.89. The van der Waals surface area contributed by atoms with Crippen molar-refractivity contribution in [1.82, 2.24) is 20.2 Å². The smallest absolute Gasteiger partial charge is 0.263 e. The summed E-state index contributed by atoms with van der Waals surface area (Å²) in [5, 5.41) is 9.16. The number of hydrogen-bond donors (Lipinski definition) is 3. The van der Waals surface area contributed by atoms with Crippen molar-refractivity contribution in [2.75, 3.05) is 44.0 Å². The number of amides is 2. The van der Waals surface area contributed by atoms with Crippen molar-refractivity contribution in [2.24, 2.45) is 0 Å². The van der Waals surface area contributed by atoms with Gasteiger partial charge in [-0.3, -0.25) is 9.59 Å². The molecule has 3 aromatic rings. The van der Waals surface area contributed by atoms with Gasteiger partial charge in [-0.2, -0.15) is 4.98 Å². The molecule has 1 aliphatic rings. The lowest BCUT2D eigenvalue weighted by molar-refractivity contribution is -0.142. The SMILES string of the molecule is CCC(Oc1ccc(Nc2ncc(Cl)c(Nc3ccccc3C(=O)NC)n2)cc1)C(=O)N1CCOCC1. The number of aromatic nitrogens is 2. The molecule has 37 heavy (non-hydrogen) atoms. The second kappa shape index (κ2) is 12.4. The Morgan fingerprint density at radius 1 is 1.11 bits per heavy atom. The number of ether oxygens (including phenoxy) is 2. The lowest BCUT2D eigenvalue weighted by Crippen LogP contribution is -2.47. The average molecular weight is 525 g/mol. The van der Waals surface area contributed by atoms with Crippen LogP contribution in [0.2, 0.25) is 5.02 Å². The minimum Gasteiger partial charge on any atom is -0.481 e. The molecule has 4 rings (SSSR count). The Morgan fingerprint density at radius 3 is 2.54 bits per heavy atom. The van der Waals surface area contributed by atoms with E-state index < -0.39 is 6.10 Å². The second-order valence-electron chi connectivity index (χ2n) is 8.24. The first-order chi connectivity index (χ1) is 18.0. The van der Waals surface area contributed by atoms with Crippen LogP contribution in [0.4, 0.5) is 23.1 Å². The molecule has 2 amide bonds. The Balaban J connectivity index is 1.42. The molecule has 1 aliphatic heterocycles. The molecule has 1 saturated heterocycles. The Bertz CT molecular complexity index is 1230. The fraction of sp³-hybridized carbons (Fsp3) is 0.308. The zero-order chi connectivity index (χ0) is 26.2. The largest absolute Gasteiger partial charge is 0.481 e. The molecule has 0 aliphatic carbocycles. The van der Waals surface area contributed by atoms with Gasteiger partial charge in [-0.25, -0.2) is 4.98 Å². The average Bonchev–Trinajstić information content (AvgIpc) is 2.94. The number of benzene rings is 2. The van der Waals surface area contributed by atoms with Crippen LogP contribution in [-0.2, 0) is 9.53 Å². The van der Waals surface area contributed by atoms with Gasteiger partial charge in [0.25, 0.3) is 11.8 Å². The molecule has 2 aromatic carbocycles. The van der Waals surface area contributed by atoms with E-state index in [0.717, 1.165) is 5.69 Å². The molecule has 2 heterocycles. The minimum absolute atomic E-state index is 0.0272. The van der Waals surface area contributed by atoms with Crippen LogP contribution in [0.25, 0.3) is 0 Å². The van der Waals surface area contributed by atoms with Gasteiger partial charge >= 0.3 is 0 Å². The Labute approximate surface area is 220 Å². The maximum Gasteiger partial charge on any atom is 0.263 e. The van der Waals surface area contributed by atoms with Crippen molar-refractivity contribution >= 4 is 46.6 Å². The summed E-state index contributed by atoms with van der Waals surface area (Å²) in [5.74, 6) is 0.991. The summed E-state index contributed by atoms with van der Waals surface area (Å²) in [6.45, 7) is 4.18. The minimum atomic E-state index is -0.553. The standard InChI is InChI=1S/C26H29ClN6O4/c1-3-22(25(35)33-12-14-36-15-13-33)37-18-10-8-17(9-11-18)30-26-29-16-20(27)23(32-26)31-21-7-5-4-6-19(21)24(34)28-2/h4-11,16,22H,3,12-15H2,1-2H3,(H,28,34)(H2,29,30,31,32). The molecule has 1 aromatic heterocycles. The van der Waals surface area contributed by atoms with Gasteiger partial charge in [0, 0.05) is 25.8 Å². The number of anilines is 4. The van der Waals surface area contributed by atoms with Crippen molar-refractivity contribution in [2.45, 2.75) is 19.4 Å². The van der Waals surface area contributed by atoms with Crippen LogP contribution < -0.4 is 20.7 Å². The number of morpholine rings is 1. The van der Waals surface area contributed by atoms with Crippen LogP contribution in [0.1, 0.15) is 23.7 Å². The summed E-state index contributed by atoms with van der Waals surface area (Å²) >= 11 is 6.31. The van der Waals surface area contributed by atoms with E-state index in [2.05, 4.69) is 25.9 Å². The molecule has 10 nitrogen and oxygen atoms in total. The van der Waals surface area contributed by atoms with Gasteiger partial charge in [0.1, 0.15) is 10.8 Å². The first kappa shape index (κ1) is 26.2. The molecule has 0 spiro atoms. The third-order valence-corrected chi connectivity index (χ3v) is 6.03. The third-order valence-electron chi connectivity index (χ3n) is 5.75. The van der Waals surface area contributed by atoms with Crippen molar-refractivity contribution in [3.8, 4) is 5.75 Å². The lowest BCUT2D eigenvalue weighted by Gasteiger charge is -2.30. The molecule has 3 N–H and O–H groups in total. The van der Waals surface area contributed by atoms with Gasteiger partial charge < -0.3 is 30.3 Å². The topological polar surface area (TPSA) is 118 Å². The zero-order valence-corrected chi connectivity index (χ0v) is 21.4. The van der Waals surface area contributed by atoms with Gasteiger partial charge in [-0.1, -0.05) is 30.7 Å². The first-order valence-electron chi connectivity index (χ1n) is 12.0. The summed E-state index contributed by atoms with van der Waals surface area (Å²) in [6.07, 6.45) is 1.48. The van der Waals surface area contributed by atoms with E-state index in [-0.39, 0.29) is 11.8 Å². The van der Waals surface area contributed by atoms with Crippen LogP contribution in [0.3, 0.4) is 0 Å². The van der Waals surface area contributed by atoms with E-state index in [1.54, 1.807) is 42.3 Å². The number of halogens is 1. The molecule has 0 radical (unpaired) electrons. The highest BCUT2D eigenvalue weighted by molar-refractivity contribution is 6.33. The van der Waals surface area contributed by atoms with Crippen LogP contribution in [-0.4, -0.2) is 66.1 Å². The van der Waals surface area contributed by atoms with Crippen LogP contribution >= 0.6 is 11.6 Å². The lowest BCUT2D eigenvalue weighted by atomic mass is 10.1. The van der Waals surface area contributed by atoms with Crippen molar-refractivity contribution < 1.29 is 19.1 Å². The molecular formula is C26H29ClN6O4. The molecule has 1 unspecified atom stereocenters. The van der Waals surface area contributed by atoms with Crippen molar-refractivity contribution in [3.05, 3.63) is 65.3 Å². The molecule has 11 heteroatoms. The van der Waals surface area contributed by atoms with E-state index in [1.165, 1.54) is 6.20 Å². The molecular weight excluding hydrogens is 496 g/mol. The summed E-state index contributed by atoms with van der Waals surface area (Å²) in [6, 6.07) is 14.3. The number of hydrogen-bond acceptors (Lipinski definition) is 8. The van der Waals surface area contributed by atoms with E-state index in [0.29, 0.717) is 66.5 Å². The molecule has 1 atom stereocenters. The number of carbonyl (C=O) groups excluding carboxylic acids is 2. The predicted molar refractivity (Wildman–Crippen MR) is 142 cm³/mol. The van der Waals surface area contributed by atoms with E-state index in [4.69, 9.17) is 21.1 Å². The fourth-order valence-corrected chi connectivity index (χ4v) is 3.91. The van der Waals surface area contributed by atoms with Crippen LogP contribution in [0, 0.1) is 0 Å². The van der Waals surface area contributed by atoms with E-state index in [9.17, 15) is 9.59 Å². The number of para-hydroxylation sites is 1. The van der Waals surface area contributed by atoms with E-state index in [1.807, 2.05) is 25.1 Å². The summed E-state index contributed by atoms with van der Waals surface area (Å²) in [4.78, 5) is 35.5. The van der Waals surface area contributed by atoms with Gasteiger partial charge in [-0.05, 0) is 42.8 Å².